The van der Waals surface area contributed by atoms with Crippen LogP contribution in [0.4, 0.5) is 11.5 Å². The third kappa shape index (κ3) is 3.38. The van der Waals surface area contributed by atoms with Crippen molar-refractivity contribution < 1.29 is 0 Å². The standard InChI is InChI=1S/C16H17BrClN3/c17-14-11-19-16(18)20-15(14)21(12-7-3-1-4-8-12)13-9-5-2-6-10-13/h1,3-4,7-8,11,13H,2,5-6,9-10H2. The van der Waals surface area contributed by atoms with Crippen LogP contribution in [0.3, 0.4) is 0 Å². The van der Waals surface area contributed by atoms with E-state index in [9.17, 15) is 0 Å². The van der Waals surface area contributed by atoms with Gasteiger partial charge >= 0.3 is 0 Å². The van der Waals surface area contributed by atoms with E-state index in [4.69, 9.17) is 11.6 Å². The molecule has 0 atom stereocenters. The fraction of sp³-hybridized carbons (Fsp3) is 0.375. The van der Waals surface area contributed by atoms with Crippen LogP contribution in [0.25, 0.3) is 0 Å². The molecule has 1 heterocycles. The Morgan fingerprint density at radius 3 is 2.52 bits per heavy atom. The molecule has 5 heteroatoms. The number of rotatable bonds is 3. The summed E-state index contributed by atoms with van der Waals surface area (Å²) in [6.07, 6.45) is 7.95. The van der Waals surface area contributed by atoms with Crippen LogP contribution in [0.2, 0.25) is 5.28 Å². The highest BCUT2D eigenvalue weighted by atomic mass is 79.9. The van der Waals surface area contributed by atoms with E-state index in [0.717, 1.165) is 16.0 Å². The van der Waals surface area contributed by atoms with E-state index in [-0.39, 0.29) is 5.28 Å². The summed E-state index contributed by atoms with van der Waals surface area (Å²) in [7, 11) is 0. The maximum Gasteiger partial charge on any atom is 0.224 e. The van der Waals surface area contributed by atoms with Gasteiger partial charge in [-0.2, -0.15) is 4.98 Å². The quantitative estimate of drug-likeness (QED) is 0.684. The van der Waals surface area contributed by atoms with Crippen molar-refractivity contribution in [3.8, 4) is 0 Å². The summed E-state index contributed by atoms with van der Waals surface area (Å²) in [5.74, 6) is 0.855. The Hall–Kier alpha value is -1.13. The van der Waals surface area contributed by atoms with Gasteiger partial charge in [-0.25, -0.2) is 4.98 Å². The molecule has 3 rings (SSSR count). The van der Waals surface area contributed by atoms with Gasteiger partial charge in [-0.3, -0.25) is 0 Å². The molecule has 0 aliphatic heterocycles. The van der Waals surface area contributed by atoms with Crippen LogP contribution in [0.5, 0.6) is 0 Å². The second-order valence-electron chi connectivity index (χ2n) is 5.31. The summed E-state index contributed by atoms with van der Waals surface area (Å²) >= 11 is 9.59. The highest BCUT2D eigenvalue weighted by Crippen LogP contribution is 2.36. The second kappa shape index (κ2) is 6.75. The van der Waals surface area contributed by atoms with Crippen molar-refractivity contribution in [2.24, 2.45) is 0 Å². The normalized spacial score (nSPS) is 15.9. The molecule has 0 saturated heterocycles. The van der Waals surface area contributed by atoms with Crippen LogP contribution in [-0.2, 0) is 0 Å². The van der Waals surface area contributed by atoms with Crippen molar-refractivity contribution >= 4 is 39.0 Å². The molecule has 1 aliphatic rings. The summed E-state index contributed by atoms with van der Waals surface area (Å²) < 4.78 is 0.876. The molecule has 21 heavy (non-hydrogen) atoms. The van der Waals surface area contributed by atoms with Crippen molar-refractivity contribution in [2.45, 2.75) is 38.1 Å². The van der Waals surface area contributed by atoms with Gasteiger partial charge in [0.2, 0.25) is 5.28 Å². The minimum absolute atomic E-state index is 0.282. The molecule has 0 bridgehead atoms. The lowest BCUT2D eigenvalue weighted by molar-refractivity contribution is 0.434. The molecule has 0 N–H and O–H groups in total. The van der Waals surface area contributed by atoms with Crippen molar-refractivity contribution in [2.75, 3.05) is 4.90 Å². The SMILES string of the molecule is Clc1ncc(Br)c(N(c2ccccc2)C2CCCCC2)n1. The largest absolute Gasteiger partial charge is 0.322 e. The first kappa shape index (κ1) is 14.8. The van der Waals surface area contributed by atoms with E-state index in [0.29, 0.717) is 6.04 Å². The topological polar surface area (TPSA) is 29.0 Å². The lowest BCUT2D eigenvalue weighted by Gasteiger charge is -2.35. The third-order valence-corrected chi connectivity index (χ3v) is 4.64. The Kier molecular flexibility index (Phi) is 4.76. The first-order chi connectivity index (χ1) is 10.3. The van der Waals surface area contributed by atoms with Crippen molar-refractivity contribution in [1.82, 2.24) is 9.97 Å². The van der Waals surface area contributed by atoms with Gasteiger partial charge in [0.15, 0.2) is 5.82 Å². The minimum Gasteiger partial charge on any atom is -0.322 e. The highest BCUT2D eigenvalue weighted by Gasteiger charge is 2.25. The molecule has 0 amide bonds. The lowest BCUT2D eigenvalue weighted by atomic mass is 9.93. The number of benzene rings is 1. The van der Waals surface area contributed by atoms with Crippen LogP contribution in [0.15, 0.2) is 41.0 Å². The average molecular weight is 367 g/mol. The number of aromatic nitrogens is 2. The fourth-order valence-corrected chi connectivity index (χ4v) is 3.45. The van der Waals surface area contributed by atoms with Gasteiger partial charge in [0.05, 0.1) is 4.47 Å². The highest BCUT2D eigenvalue weighted by molar-refractivity contribution is 9.10. The van der Waals surface area contributed by atoms with Gasteiger partial charge in [0, 0.05) is 17.9 Å². The lowest BCUT2D eigenvalue weighted by Crippen LogP contribution is -2.33. The Balaban J connectivity index is 2.05. The number of hydrogen-bond donors (Lipinski definition) is 0. The molecule has 1 aromatic carbocycles. The third-order valence-electron chi connectivity index (χ3n) is 3.90. The zero-order valence-electron chi connectivity index (χ0n) is 11.7. The summed E-state index contributed by atoms with van der Waals surface area (Å²) in [5.41, 5.74) is 1.15. The number of hydrogen-bond acceptors (Lipinski definition) is 3. The second-order valence-corrected chi connectivity index (χ2v) is 6.50. The predicted molar refractivity (Wildman–Crippen MR) is 90.2 cm³/mol. The number of anilines is 2. The van der Waals surface area contributed by atoms with Crippen molar-refractivity contribution in [3.63, 3.8) is 0 Å². The molecule has 3 nitrogen and oxygen atoms in total. The number of halogens is 2. The summed E-state index contributed by atoms with van der Waals surface area (Å²) in [6, 6.07) is 10.9. The molecule has 0 spiro atoms. The Bertz CT molecular complexity index is 600. The first-order valence-corrected chi connectivity index (χ1v) is 8.45. The molecular weight excluding hydrogens is 350 g/mol. The minimum atomic E-state index is 0.282. The van der Waals surface area contributed by atoms with Gasteiger partial charge in [-0.1, -0.05) is 37.5 Å². The molecule has 1 aliphatic carbocycles. The smallest absolute Gasteiger partial charge is 0.224 e. The molecule has 2 aromatic rings. The van der Waals surface area contributed by atoms with E-state index >= 15 is 0 Å². The van der Waals surface area contributed by atoms with Crippen LogP contribution in [0, 0.1) is 0 Å². The van der Waals surface area contributed by atoms with Gasteiger partial charge < -0.3 is 4.90 Å². The van der Waals surface area contributed by atoms with E-state index < -0.39 is 0 Å². The maximum absolute atomic E-state index is 6.02. The summed E-state index contributed by atoms with van der Waals surface area (Å²) in [6.45, 7) is 0. The fourth-order valence-electron chi connectivity index (χ4n) is 2.94. The number of para-hydroxylation sites is 1. The van der Waals surface area contributed by atoms with Gasteiger partial charge in [-0.05, 0) is 52.5 Å². The summed E-state index contributed by atoms with van der Waals surface area (Å²) in [5, 5.41) is 0.282. The molecule has 1 saturated carbocycles. The zero-order valence-corrected chi connectivity index (χ0v) is 14.0. The average Bonchev–Trinajstić information content (AvgIpc) is 2.53. The molecule has 1 aromatic heterocycles. The molecule has 110 valence electrons. The van der Waals surface area contributed by atoms with Crippen molar-refractivity contribution in [1.29, 1.82) is 0 Å². The Morgan fingerprint density at radius 2 is 1.81 bits per heavy atom. The van der Waals surface area contributed by atoms with Crippen LogP contribution >= 0.6 is 27.5 Å². The zero-order chi connectivity index (χ0) is 14.7. The predicted octanol–water partition coefficient (Wildman–Crippen LogP) is 5.36. The molecule has 1 fully saturated rings. The van der Waals surface area contributed by atoms with Crippen LogP contribution < -0.4 is 4.90 Å². The number of nitrogens with zero attached hydrogens (tertiary/aromatic N) is 3. The first-order valence-electron chi connectivity index (χ1n) is 7.28. The Labute approximate surface area is 138 Å². The van der Waals surface area contributed by atoms with Gasteiger partial charge in [0.1, 0.15) is 0 Å². The molecule has 0 unspecified atom stereocenters. The molecular formula is C16H17BrClN3. The van der Waals surface area contributed by atoms with Gasteiger partial charge in [-0.15, -0.1) is 0 Å². The molecule has 0 radical (unpaired) electrons. The van der Waals surface area contributed by atoms with Crippen molar-refractivity contribution in [3.05, 3.63) is 46.3 Å². The van der Waals surface area contributed by atoms with E-state index in [1.165, 1.54) is 32.1 Å². The maximum atomic E-state index is 6.02. The monoisotopic (exact) mass is 365 g/mol. The van der Waals surface area contributed by atoms with E-state index in [1.807, 2.05) is 6.07 Å². The van der Waals surface area contributed by atoms with E-state index in [2.05, 4.69) is 55.1 Å². The van der Waals surface area contributed by atoms with Crippen LogP contribution in [-0.4, -0.2) is 16.0 Å². The summed E-state index contributed by atoms with van der Waals surface area (Å²) in [4.78, 5) is 10.8. The Morgan fingerprint density at radius 1 is 1.10 bits per heavy atom. The van der Waals surface area contributed by atoms with Gasteiger partial charge in [0.25, 0.3) is 0 Å². The van der Waals surface area contributed by atoms with Crippen LogP contribution in [0.1, 0.15) is 32.1 Å². The van der Waals surface area contributed by atoms with E-state index in [1.54, 1.807) is 6.20 Å².